The number of fused-ring (bicyclic) bond motifs is 1. The van der Waals surface area contributed by atoms with Gasteiger partial charge >= 0.3 is 11.9 Å². The number of nitrogens with zero attached hydrogens (tertiary/aromatic N) is 1. The van der Waals surface area contributed by atoms with Crippen LogP contribution < -0.4 is 0 Å². The van der Waals surface area contributed by atoms with Gasteiger partial charge in [0.25, 0.3) is 0 Å². The van der Waals surface area contributed by atoms with E-state index in [0.717, 1.165) is 0 Å². The first-order valence-electron chi connectivity index (χ1n) is 7.36. The highest BCUT2D eigenvalue weighted by molar-refractivity contribution is 6.10. The van der Waals surface area contributed by atoms with Crippen LogP contribution in [0.3, 0.4) is 0 Å². The van der Waals surface area contributed by atoms with Crippen molar-refractivity contribution in [3.05, 3.63) is 29.8 Å². The standard InChI is InChI=1S/C17H19NO5/c1-4-23-15(20)13(9-11(2)19)17(16(21)22-3)10-18-14-8-6-5-7-12(14)17/h5-8,10,13H,4,9H2,1-3H3/t13-,17+/m1/s1. The number of Topliss-reactive ketones (excluding diaryl/α,β-unsaturated/α-hetero) is 1. The number of hydrogen-bond donors (Lipinski definition) is 0. The third kappa shape index (κ3) is 2.88. The zero-order valence-electron chi connectivity index (χ0n) is 13.4. The first kappa shape index (κ1) is 16.9. The van der Waals surface area contributed by atoms with Crippen LogP contribution in [0.2, 0.25) is 0 Å². The normalized spacial score (nSPS) is 19.8. The number of ketones is 1. The van der Waals surface area contributed by atoms with Gasteiger partial charge in [0.1, 0.15) is 11.2 Å². The van der Waals surface area contributed by atoms with Crippen LogP contribution in [0.4, 0.5) is 5.69 Å². The van der Waals surface area contributed by atoms with Gasteiger partial charge in [0.2, 0.25) is 0 Å². The van der Waals surface area contributed by atoms with E-state index in [9.17, 15) is 14.4 Å². The largest absolute Gasteiger partial charge is 0.468 e. The van der Waals surface area contributed by atoms with Crippen molar-refractivity contribution in [1.82, 2.24) is 0 Å². The molecule has 2 rings (SSSR count). The van der Waals surface area contributed by atoms with Gasteiger partial charge < -0.3 is 14.3 Å². The number of hydrogen-bond acceptors (Lipinski definition) is 6. The fourth-order valence-corrected chi connectivity index (χ4v) is 2.89. The molecular formula is C17H19NO5. The maximum absolute atomic E-state index is 12.6. The molecule has 6 nitrogen and oxygen atoms in total. The highest BCUT2D eigenvalue weighted by atomic mass is 16.5. The molecule has 1 aromatic rings. The van der Waals surface area contributed by atoms with E-state index < -0.39 is 23.3 Å². The molecule has 0 aromatic heterocycles. The molecule has 0 saturated heterocycles. The second kappa shape index (κ2) is 6.73. The third-order valence-electron chi connectivity index (χ3n) is 3.89. The summed E-state index contributed by atoms with van der Waals surface area (Å²) in [6.07, 6.45) is 1.27. The highest BCUT2D eigenvalue weighted by Gasteiger charge is 2.54. The number of carbonyl (C=O) groups is 3. The van der Waals surface area contributed by atoms with E-state index in [1.54, 1.807) is 31.2 Å². The molecule has 122 valence electrons. The molecule has 0 bridgehead atoms. The zero-order valence-corrected chi connectivity index (χ0v) is 13.4. The Morgan fingerprint density at radius 2 is 1.96 bits per heavy atom. The highest BCUT2D eigenvalue weighted by Crippen LogP contribution is 2.44. The van der Waals surface area contributed by atoms with Gasteiger partial charge in [0.05, 0.1) is 25.3 Å². The topological polar surface area (TPSA) is 82.0 Å². The first-order chi connectivity index (χ1) is 11.0. The molecular weight excluding hydrogens is 298 g/mol. The van der Waals surface area contributed by atoms with Crippen LogP contribution in [-0.4, -0.2) is 37.7 Å². The Labute approximate surface area is 134 Å². The Bertz CT molecular complexity index is 667. The number of para-hydroxylation sites is 1. The Morgan fingerprint density at radius 1 is 1.26 bits per heavy atom. The van der Waals surface area contributed by atoms with Crippen molar-refractivity contribution in [1.29, 1.82) is 0 Å². The van der Waals surface area contributed by atoms with Gasteiger partial charge in [-0.15, -0.1) is 0 Å². The predicted molar refractivity (Wildman–Crippen MR) is 83.7 cm³/mol. The number of methoxy groups -OCH3 is 1. The molecule has 1 heterocycles. The summed E-state index contributed by atoms with van der Waals surface area (Å²) in [5.74, 6) is -2.48. The van der Waals surface area contributed by atoms with Crippen LogP contribution in [0.5, 0.6) is 0 Å². The second-order valence-electron chi connectivity index (χ2n) is 5.35. The van der Waals surface area contributed by atoms with Crippen molar-refractivity contribution in [3.8, 4) is 0 Å². The quantitative estimate of drug-likeness (QED) is 0.749. The fraction of sp³-hybridized carbons (Fsp3) is 0.412. The molecule has 0 fully saturated rings. The van der Waals surface area contributed by atoms with E-state index in [-0.39, 0.29) is 18.8 Å². The summed E-state index contributed by atoms with van der Waals surface area (Å²) in [6.45, 7) is 3.20. The van der Waals surface area contributed by atoms with Crippen LogP contribution in [0.1, 0.15) is 25.8 Å². The van der Waals surface area contributed by atoms with Crippen LogP contribution in [0.15, 0.2) is 29.3 Å². The maximum Gasteiger partial charge on any atom is 0.322 e. The number of aliphatic imine (C=N–C) groups is 1. The van der Waals surface area contributed by atoms with Crippen LogP contribution >= 0.6 is 0 Å². The summed E-state index contributed by atoms with van der Waals surface area (Å²) in [4.78, 5) is 41.0. The predicted octanol–water partition coefficient (Wildman–Crippen LogP) is 1.97. The van der Waals surface area contributed by atoms with Gasteiger partial charge in [0, 0.05) is 18.2 Å². The maximum atomic E-state index is 12.6. The summed E-state index contributed by atoms with van der Waals surface area (Å²) in [7, 11) is 1.24. The Balaban J connectivity index is 2.61. The molecule has 1 aliphatic heterocycles. The SMILES string of the molecule is CCOC(=O)[C@@H](CC(C)=O)[C@]1(C(=O)OC)C=Nc2ccccc21. The lowest BCUT2D eigenvalue weighted by Gasteiger charge is -2.31. The molecule has 0 unspecified atom stereocenters. The molecule has 0 aliphatic carbocycles. The van der Waals surface area contributed by atoms with E-state index in [2.05, 4.69) is 4.99 Å². The van der Waals surface area contributed by atoms with Crippen LogP contribution in [-0.2, 0) is 29.3 Å². The monoisotopic (exact) mass is 317 g/mol. The van der Waals surface area contributed by atoms with E-state index in [0.29, 0.717) is 11.3 Å². The van der Waals surface area contributed by atoms with Gasteiger partial charge in [-0.25, -0.2) is 0 Å². The molecule has 0 N–H and O–H groups in total. The Kier molecular flexibility index (Phi) is 4.93. The summed E-state index contributed by atoms with van der Waals surface area (Å²) in [5, 5.41) is 0. The van der Waals surface area contributed by atoms with Crippen molar-refractivity contribution in [3.63, 3.8) is 0 Å². The van der Waals surface area contributed by atoms with Crippen molar-refractivity contribution >= 4 is 29.6 Å². The molecule has 0 radical (unpaired) electrons. The van der Waals surface area contributed by atoms with Crippen molar-refractivity contribution < 1.29 is 23.9 Å². The second-order valence-corrected chi connectivity index (χ2v) is 5.35. The van der Waals surface area contributed by atoms with Crippen LogP contribution in [0, 0.1) is 5.92 Å². The minimum Gasteiger partial charge on any atom is -0.468 e. The van der Waals surface area contributed by atoms with Gasteiger partial charge in [0.15, 0.2) is 0 Å². The number of carbonyl (C=O) groups excluding carboxylic acids is 3. The summed E-state index contributed by atoms with van der Waals surface area (Å²) < 4.78 is 10.0. The van der Waals surface area contributed by atoms with E-state index in [1.165, 1.54) is 20.2 Å². The van der Waals surface area contributed by atoms with Gasteiger partial charge in [-0.1, -0.05) is 18.2 Å². The Hall–Kier alpha value is -2.50. The van der Waals surface area contributed by atoms with Crippen LogP contribution in [0.25, 0.3) is 0 Å². The molecule has 1 aromatic carbocycles. The average Bonchev–Trinajstić information content (AvgIpc) is 2.92. The van der Waals surface area contributed by atoms with Gasteiger partial charge in [-0.2, -0.15) is 0 Å². The van der Waals surface area contributed by atoms with Gasteiger partial charge in [-0.05, 0) is 19.9 Å². The van der Waals surface area contributed by atoms with E-state index >= 15 is 0 Å². The molecule has 23 heavy (non-hydrogen) atoms. The summed E-state index contributed by atoms with van der Waals surface area (Å²) >= 11 is 0. The van der Waals surface area contributed by atoms with E-state index in [1.807, 2.05) is 0 Å². The minimum absolute atomic E-state index is 0.131. The molecule has 6 heteroatoms. The molecule has 2 atom stereocenters. The minimum atomic E-state index is -1.44. The van der Waals surface area contributed by atoms with Crippen molar-refractivity contribution in [2.45, 2.75) is 25.7 Å². The summed E-state index contributed by atoms with van der Waals surface area (Å²) in [5.41, 5.74) is -0.314. The smallest absolute Gasteiger partial charge is 0.322 e. The lowest BCUT2D eigenvalue weighted by molar-refractivity contribution is -0.159. The first-order valence-corrected chi connectivity index (χ1v) is 7.36. The lowest BCUT2D eigenvalue weighted by atomic mass is 9.69. The number of esters is 2. The summed E-state index contributed by atoms with van der Waals surface area (Å²) in [6, 6.07) is 6.99. The zero-order chi connectivity index (χ0) is 17.0. The molecule has 1 aliphatic rings. The lowest BCUT2D eigenvalue weighted by Crippen LogP contribution is -2.48. The number of rotatable bonds is 6. The number of ether oxygens (including phenoxy) is 2. The molecule has 0 amide bonds. The van der Waals surface area contributed by atoms with Crippen molar-refractivity contribution in [2.24, 2.45) is 10.9 Å². The molecule has 0 spiro atoms. The fourth-order valence-electron chi connectivity index (χ4n) is 2.89. The van der Waals surface area contributed by atoms with Gasteiger partial charge in [-0.3, -0.25) is 14.6 Å². The van der Waals surface area contributed by atoms with E-state index in [4.69, 9.17) is 9.47 Å². The average molecular weight is 317 g/mol. The third-order valence-corrected chi connectivity index (χ3v) is 3.89. The number of benzene rings is 1. The molecule has 0 saturated carbocycles. The van der Waals surface area contributed by atoms with Crippen molar-refractivity contribution in [2.75, 3.05) is 13.7 Å². The Morgan fingerprint density at radius 3 is 2.57 bits per heavy atom.